The summed E-state index contributed by atoms with van der Waals surface area (Å²) in [6.07, 6.45) is 5.84. The number of nitrogens with zero attached hydrogens (tertiary/aromatic N) is 5. The number of anilines is 1. The molecule has 9 heteroatoms. The first-order valence-corrected chi connectivity index (χ1v) is 10.8. The maximum atomic E-state index is 11.9. The lowest BCUT2D eigenvalue weighted by molar-refractivity contribution is -0.116. The molecule has 1 saturated carbocycles. The molecule has 0 bridgehead atoms. The number of carbonyl (C=O) groups excluding carboxylic acids is 1. The van der Waals surface area contributed by atoms with E-state index in [2.05, 4.69) is 31.2 Å². The molecule has 0 radical (unpaired) electrons. The van der Waals surface area contributed by atoms with Crippen LogP contribution in [0, 0.1) is 0 Å². The Bertz CT molecular complexity index is 820. The Morgan fingerprint density at radius 3 is 3.04 bits per heavy atom. The van der Waals surface area contributed by atoms with Crippen molar-refractivity contribution >= 4 is 39.3 Å². The quantitative estimate of drug-likeness (QED) is 0.801. The van der Waals surface area contributed by atoms with Gasteiger partial charge in [0.25, 0.3) is 0 Å². The predicted molar refractivity (Wildman–Crippen MR) is 110 cm³/mol. The third-order valence-electron chi connectivity index (χ3n) is 4.35. The van der Waals surface area contributed by atoms with E-state index in [1.54, 1.807) is 36.2 Å². The molecule has 0 unspecified atom stereocenters. The molecule has 27 heavy (non-hydrogen) atoms. The Morgan fingerprint density at radius 2 is 2.37 bits per heavy atom. The molecule has 2 aliphatic rings. The van der Waals surface area contributed by atoms with Gasteiger partial charge < -0.3 is 5.32 Å². The number of thioether (sulfide) groups is 1. The van der Waals surface area contributed by atoms with E-state index in [0.717, 1.165) is 47.8 Å². The molecular weight excluding hydrogens is 380 g/mol. The van der Waals surface area contributed by atoms with Crippen molar-refractivity contribution < 1.29 is 4.79 Å². The zero-order chi connectivity index (χ0) is 18.6. The third-order valence-corrected chi connectivity index (χ3v) is 6.23. The first kappa shape index (κ1) is 18.4. The summed E-state index contributed by atoms with van der Waals surface area (Å²) in [6.45, 7) is 3.89. The van der Waals surface area contributed by atoms with Gasteiger partial charge in [0, 0.05) is 43.0 Å². The van der Waals surface area contributed by atoms with Gasteiger partial charge in [0.1, 0.15) is 0 Å². The summed E-state index contributed by atoms with van der Waals surface area (Å²) in [4.78, 5) is 29.3. The van der Waals surface area contributed by atoms with Gasteiger partial charge in [0.05, 0.1) is 19.0 Å². The highest BCUT2D eigenvalue weighted by Crippen LogP contribution is 2.34. The number of hydrogen-bond acceptors (Lipinski definition) is 8. The van der Waals surface area contributed by atoms with Crippen LogP contribution in [-0.4, -0.2) is 45.3 Å². The Morgan fingerprint density at radius 1 is 1.48 bits per heavy atom. The van der Waals surface area contributed by atoms with Crippen molar-refractivity contribution in [3.8, 4) is 0 Å². The molecule has 4 rings (SSSR count). The second-order valence-electron chi connectivity index (χ2n) is 6.66. The highest BCUT2D eigenvalue weighted by Gasteiger charge is 2.33. The maximum Gasteiger partial charge on any atom is 0.225 e. The maximum absolute atomic E-state index is 11.9. The zero-order valence-corrected chi connectivity index (χ0v) is 16.8. The van der Waals surface area contributed by atoms with Crippen molar-refractivity contribution in [1.82, 2.24) is 20.2 Å². The van der Waals surface area contributed by atoms with Crippen LogP contribution >= 0.6 is 23.1 Å². The van der Waals surface area contributed by atoms with Gasteiger partial charge in [-0.15, -0.1) is 11.3 Å². The molecule has 2 aromatic heterocycles. The van der Waals surface area contributed by atoms with Crippen molar-refractivity contribution in [2.24, 2.45) is 4.99 Å². The van der Waals surface area contributed by atoms with E-state index in [0.29, 0.717) is 12.7 Å². The highest BCUT2D eigenvalue weighted by atomic mass is 32.2. The standard InChI is InChI=1S/C18H22N6OS2/c1-13(25)24(16-4-5-16)18-22-15(10-27-18)9-26-17-20-11-23(12-21-17)8-14-3-2-6-19-7-14/h2-3,6-7,10,16H,4-5,8-9,11-12H2,1H3,(H,20,21). The van der Waals surface area contributed by atoms with E-state index >= 15 is 0 Å². The first-order chi connectivity index (χ1) is 13.2. The summed E-state index contributed by atoms with van der Waals surface area (Å²) >= 11 is 3.21. The fourth-order valence-electron chi connectivity index (χ4n) is 2.90. The summed E-state index contributed by atoms with van der Waals surface area (Å²) in [5.41, 5.74) is 2.18. The summed E-state index contributed by atoms with van der Waals surface area (Å²) in [7, 11) is 0. The molecular formula is C18H22N6OS2. The lowest BCUT2D eigenvalue weighted by Gasteiger charge is -2.26. The molecule has 2 aromatic rings. The van der Waals surface area contributed by atoms with E-state index in [1.165, 1.54) is 5.56 Å². The Balaban J connectivity index is 1.28. The van der Waals surface area contributed by atoms with Gasteiger partial charge in [-0.25, -0.2) is 9.98 Å². The van der Waals surface area contributed by atoms with Crippen LogP contribution < -0.4 is 10.2 Å². The van der Waals surface area contributed by atoms with E-state index in [9.17, 15) is 4.79 Å². The minimum absolute atomic E-state index is 0.0816. The lowest BCUT2D eigenvalue weighted by atomic mass is 10.3. The van der Waals surface area contributed by atoms with Crippen molar-refractivity contribution in [1.29, 1.82) is 0 Å². The normalized spacial score (nSPS) is 17.3. The number of carbonyl (C=O) groups is 1. The minimum Gasteiger partial charge on any atom is -0.352 e. The summed E-state index contributed by atoms with van der Waals surface area (Å²) in [5.74, 6) is 0.833. The van der Waals surface area contributed by atoms with Crippen LogP contribution in [0.5, 0.6) is 0 Å². The Kier molecular flexibility index (Phi) is 5.70. The smallest absolute Gasteiger partial charge is 0.225 e. The van der Waals surface area contributed by atoms with Gasteiger partial charge in [-0.2, -0.15) is 0 Å². The highest BCUT2D eigenvalue weighted by molar-refractivity contribution is 8.13. The molecule has 1 amide bonds. The Hall–Kier alpha value is -1.97. The zero-order valence-electron chi connectivity index (χ0n) is 15.2. The lowest BCUT2D eigenvalue weighted by Crippen LogP contribution is -2.41. The van der Waals surface area contributed by atoms with Gasteiger partial charge in [-0.05, 0) is 24.5 Å². The van der Waals surface area contributed by atoms with Crippen molar-refractivity contribution in [3.05, 3.63) is 41.2 Å². The number of pyridine rings is 1. The van der Waals surface area contributed by atoms with Crippen LogP contribution in [0.25, 0.3) is 0 Å². The van der Waals surface area contributed by atoms with Crippen LogP contribution in [0.4, 0.5) is 5.13 Å². The molecule has 1 aliphatic carbocycles. The molecule has 1 N–H and O–H groups in total. The number of amidine groups is 1. The monoisotopic (exact) mass is 402 g/mol. The number of nitrogens with one attached hydrogen (secondary N) is 1. The van der Waals surface area contributed by atoms with E-state index < -0.39 is 0 Å². The SMILES string of the molecule is CC(=O)N(c1nc(CSC2=NCN(Cc3cccnc3)CN2)cs1)C1CC1. The summed E-state index contributed by atoms with van der Waals surface area (Å²) < 4.78 is 0. The van der Waals surface area contributed by atoms with Gasteiger partial charge >= 0.3 is 0 Å². The summed E-state index contributed by atoms with van der Waals surface area (Å²) in [6, 6.07) is 4.38. The molecule has 0 saturated heterocycles. The third kappa shape index (κ3) is 4.85. The van der Waals surface area contributed by atoms with Gasteiger partial charge in [-0.3, -0.25) is 19.6 Å². The Labute approximate surface area is 166 Å². The van der Waals surface area contributed by atoms with Crippen molar-refractivity contribution in [3.63, 3.8) is 0 Å². The van der Waals surface area contributed by atoms with Crippen LogP contribution in [-0.2, 0) is 17.1 Å². The molecule has 0 atom stereocenters. The van der Waals surface area contributed by atoms with Crippen molar-refractivity contribution in [2.75, 3.05) is 18.2 Å². The molecule has 7 nitrogen and oxygen atoms in total. The fraction of sp³-hybridized carbons (Fsp3) is 0.444. The second-order valence-corrected chi connectivity index (χ2v) is 8.46. The van der Waals surface area contributed by atoms with Crippen LogP contribution in [0.15, 0.2) is 34.9 Å². The number of aliphatic imine (C=N–C) groups is 1. The molecule has 1 fully saturated rings. The molecule has 0 spiro atoms. The number of hydrogen-bond donors (Lipinski definition) is 1. The van der Waals surface area contributed by atoms with Gasteiger partial charge in [-0.1, -0.05) is 17.8 Å². The van der Waals surface area contributed by atoms with Crippen LogP contribution in [0.3, 0.4) is 0 Å². The van der Waals surface area contributed by atoms with E-state index in [1.807, 2.05) is 22.5 Å². The van der Waals surface area contributed by atoms with Crippen molar-refractivity contribution in [2.45, 2.75) is 38.1 Å². The van der Waals surface area contributed by atoms with Gasteiger partial charge in [0.2, 0.25) is 5.91 Å². The van der Waals surface area contributed by atoms with E-state index in [4.69, 9.17) is 0 Å². The second kappa shape index (κ2) is 8.37. The topological polar surface area (TPSA) is 73.7 Å². The number of aromatic nitrogens is 2. The van der Waals surface area contributed by atoms with Crippen LogP contribution in [0.2, 0.25) is 0 Å². The van der Waals surface area contributed by atoms with Gasteiger partial charge in [0.15, 0.2) is 10.3 Å². The van der Waals surface area contributed by atoms with Crippen LogP contribution in [0.1, 0.15) is 31.0 Å². The number of rotatable bonds is 6. The fourth-order valence-corrected chi connectivity index (χ4v) is 4.69. The van der Waals surface area contributed by atoms with E-state index in [-0.39, 0.29) is 5.91 Å². The average Bonchev–Trinajstić information content (AvgIpc) is 3.39. The first-order valence-electron chi connectivity index (χ1n) is 8.95. The molecule has 142 valence electrons. The summed E-state index contributed by atoms with van der Waals surface area (Å²) in [5, 5.41) is 7.17. The number of amides is 1. The molecule has 1 aliphatic heterocycles. The largest absolute Gasteiger partial charge is 0.352 e. The minimum atomic E-state index is 0.0816. The number of thiazole rings is 1. The molecule has 3 heterocycles. The average molecular weight is 403 g/mol. The predicted octanol–water partition coefficient (Wildman–Crippen LogP) is 2.66. The molecule has 0 aromatic carbocycles.